The Balaban J connectivity index is 2.06. The third kappa shape index (κ3) is 4.39. The monoisotopic (exact) mass is 337 g/mol. The molecule has 0 radical (unpaired) electrons. The molecular formula is C17H17Cl2NO2. The Kier molecular flexibility index (Phi) is 5.69. The third-order valence-corrected chi connectivity index (χ3v) is 3.86. The van der Waals surface area contributed by atoms with Crippen LogP contribution in [0.15, 0.2) is 42.5 Å². The number of anilines is 1. The normalized spacial score (nSPS) is 11.8. The molecule has 0 aromatic heterocycles. The summed E-state index contributed by atoms with van der Waals surface area (Å²) in [5.74, 6) is 0.457. The van der Waals surface area contributed by atoms with Crippen LogP contribution in [0.4, 0.5) is 5.69 Å². The standard InChI is InChI=1S/C17H17Cl2NO2/c1-3-16(22-13-6-4-5-11(2)9-13)17(21)20-12-7-8-14(18)15(19)10-12/h4-10,16H,3H2,1-2H3,(H,20,21)/t16-/m0/s1. The largest absolute Gasteiger partial charge is 0.481 e. The van der Waals surface area contributed by atoms with Crippen LogP contribution in [0.5, 0.6) is 5.75 Å². The fraction of sp³-hybridized carbons (Fsp3) is 0.235. The van der Waals surface area contributed by atoms with Crippen molar-refractivity contribution in [2.24, 2.45) is 0 Å². The maximum atomic E-state index is 12.3. The predicted molar refractivity (Wildman–Crippen MR) is 91.0 cm³/mol. The van der Waals surface area contributed by atoms with Crippen molar-refractivity contribution in [3.05, 3.63) is 58.1 Å². The molecule has 0 aliphatic heterocycles. The molecule has 0 heterocycles. The summed E-state index contributed by atoms with van der Waals surface area (Å²) in [5, 5.41) is 3.63. The lowest BCUT2D eigenvalue weighted by Crippen LogP contribution is -2.32. The topological polar surface area (TPSA) is 38.3 Å². The fourth-order valence-corrected chi connectivity index (χ4v) is 2.27. The lowest BCUT2D eigenvalue weighted by atomic mass is 10.2. The second-order valence-corrected chi connectivity index (χ2v) is 5.76. The molecular weight excluding hydrogens is 321 g/mol. The van der Waals surface area contributed by atoms with Gasteiger partial charge in [0.1, 0.15) is 5.75 Å². The van der Waals surface area contributed by atoms with Crippen LogP contribution in [0.2, 0.25) is 10.0 Å². The number of benzene rings is 2. The Morgan fingerprint density at radius 2 is 1.95 bits per heavy atom. The lowest BCUT2D eigenvalue weighted by molar-refractivity contribution is -0.122. The van der Waals surface area contributed by atoms with Gasteiger partial charge in [0, 0.05) is 5.69 Å². The second-order valence-electron chi connectivity index (χ2n) is 4.95. The summed E-state index contributed by atoms with van der Waals surface area (Å²) in [5.41, 5.74) is 1.67. The number of nitrogens with one attached hydrogen (secondary N) is 1. The van der Waals surface area contributed by atoms with Gasteiger partial charge in [-0.05, 0) is 49.2 Å². The molecule has 0 unspecified atom stereocenters. The van der Waals surface area contributed by atoms with E-state index in [2.05, 4.69) is 5.32 Å². The maximum absolute atomic E-state index is 12.3. The minimum absolute atomic E-state index is 0.220. The zero-order valence-electron chi connectivity index (χ0n) is 12.4. The van der Waals surface area contributed by atoms with Crippen molar-refractivity contribution >= 4 is 34.8 Å². The average Bonchev–Trinajstić information content (AvgIpc) is 2.48. The molecule has 0 bridgehead atoms. The van der Waals surface area contributed by atoms with Gasteiger partial charge >= 0.3 is 0 Å². The van der Waals surface area contributed by atoms with E-state index in [4.69, 9.17) is 27.9 Å². The molecule has 116 valence electrons. The molecule has 2 rings (SSSR count). The Morgan fingerprint density at radius 3 is 2.59 bits per heavy atom. The fourth-order valence-electron chi connectivity index (χ4n) is 1.97. The third-order valence-electron chi connectivity index (χ3n) is 3.12. The van der Waals surface area contributed by atoms with Crippen molar-refractivity contribution in [2.75, 3.05) is 5.32 Å². The van der Waals surface area contributed by atoms with Gasteiger partial charge in [0.25, 0.3) is 5.91 Å². The highest BCUT2D eigenvalue weighted by Gasteiger charge is 2.18. The van der Waals surface area contributed by atoms with Crippen LogP contribution < -0.4 is 10.1 Å². The smallest absolute Gasteiger partial charge is 0.265 e. The minimum atomic E-state index is -0.573. The summed E-state index contributed by atoms with van der Waals surface area (Å²) in [7, 11) is 0. The highest BCUT2D eigenvalue weighted by Crippen LogP contribution is 2.25. The van der Waals surface area contributed by atoms with E-state index in [0.717, 1.165) is 5.56 Å². The molecule has 0 saturated heterocycles. The van der Waals surface area contributed by atoms with Crippen molar-refractivity contribution < 1.29 is 9.53 Å². The Hall–Kier alpha value is -1.71. The van der Waals surface area contributed by atoms with Crippen molar-refractivity contribution in [3.63, 3.8) is 0 Å². The molecule has 0 aliphatic rings. The molecule has 0 spiro atoms. The molecule has 1 amide bonds. The second kappa shape index (κ2) is 7.52. The number of halogens is 2. The molecule has 2 aromatic carbocycles. The van der Waals surface area contributed by atoms with Crippen LogP contribution in [0.25, 0.3) is 0 Å². The quantitative estimate of drug-likeness (QED) is 0.824. The van der Waals surface area contributed by atoms with Crippen LogP contribution in [0.3, 0.4) is 0 Å². The van der Waals surface area contributed by atoms with Crippen molar-refractivity contribution in [2.45, 2.75) is 26.4 Å². The van der Waals surface area contributed by atoms with Gasteiger partial charge in [0.2, 0.25) is 0 Å². The Labute approximate surface area is 140 Å². The minimum Gasteiger partial charge on any atom is -0.481 e. The van der Waals surface area contributed by atoms with Gasteiger partial charge in [-0.15, -0.1) is 0 Å². The Bertz CT molecular complexity index is 673. The van der Waals surface area contributed by atoms with E-state index in [9.17, 15) is 4.79 Å². The van der Waals surface area contributed by atoms with E-state index < -0.39 is 6.10 Å². The maximum Gasteiger partial charge on any atom is 0.265 e. The molecule has 1 N–H and O–H groups in total. The van der Waals surface area contributed by atoms with Gasteiger partial charge in [0.05, 0.1) is 10.0 Å². The number of aryl methyl sites for hydroxylation is 1. The summed E-state index contributed by atoms with van der Waals surface area (Å²) < 4.78 is 5.76. The van der Waals surface area contributed by atoms with Crippen LogP contribution in [-0.2, 0) is 4.79 Å². The lowest BCUT2D eigenvalue weighted by Gasteiger charge is -2.17. The van der Waals surface area contributed by atoms with E-state index in [-0.39, 0.29) is 5.91 Å². The summed E-state index contributed by atoms with van der Waals surface area (Å²) in [4.78, 5) is 12.3. The van der Waals surface area contributed by atoms with Gasteiger partial charge in [-0.2, -0.15) is 0 Å². The average molecular weight is 338 g/mol. The summed E-state index contributed by atoms with van der Waals surface area (Å²) in [6.45, 7) is 3.87. The van der Waals surface area contributed by atoms with Crippen LogP contribution in [0, 0.1) is 6.92 Å². The van der Waals surface area contributed by atoms with Crippen LogP contribution in [0.1, 0.15) is 18.9 Å². The van der Waals surface area contributed by atoms with Gasteiger partial charge in [-0.3, -0.25) is 4.79 Å². The first-order valence-corrected chi connectivity index (χ1v) is 7.74. The van der Waals surface area contributed by atoms with E-state index in [0.29, 0.717) is 27.9 Å². The van der Waals surface area contributed by atoms with Crippen LogP contribution in [-0.4, -0.2) is 12.0 Å². The van der Waals surface area contributed by atoms with Gasteiger partial charge in [-0.1, -0.05) is 42.3 Å². The summed E-state index contributed by atoms with van der Waals surface area (Å²) in [6, 6.07) is 12.6. The first-order valence-electron chi connectivity index (χ1n) is 6.99. The Morgan fingerprint density at radius 1 is 1.18 bits per heavy atom. The van der Waals surface area contributed by atoms with E-state index >= 15 is 0 Å². The van der Waals surface area contributed by atoms with Gasteiger partial charge in [-0.25, -0.2) is 0 Å². The first-order chi connectivity index (χ1) is 10.5. The van der Waals surface area contributed by atoms with Crippen molar-refractivity contribution in [1.82, 2.24) is 0 Å². The molecule has 3 nitrogen and oxygen atoms in total. The first kappa shape index (κ1) is 16.7. The van der Waals surface area contributed by atoms with E-state index in [1.54, 1.807) is 18.2 Å². The molecule has 22 heavy (non-hydrogen) atoms. The van der Waals surface area contributed by atoms with Gasteiger partial charge in [0.15, 0.2) is 6.10 Å². The summed E-state index contributed by atoms with van der Waals surface area (Å²) in [6.07, 6.45) is -0.0163. The molecule has 0 fully saturated rings. The number of rotatable bonds is 5. The van der Waals surface area contributed by atoms with Crippen molar-refractivity contribution in [3.8, 4) is 5.75 Å². The molecule has 2 aromatic rings. The number of hydrogen-bond acceptors (Lipinski definition) is 2. The van der Waals surface area contributed by atoms with Gasteiger partial charge < -0.3 is 10.1 Å². The molecule has 0 saturated carbocycles. The number of hydrogen-bond donors (Lipinski definition) is 1. The zero-order chi connectivity index (χ0) is 16.1. The predicted octanol–water partition coefficient (Wildman–Crippen LogP) is 5.10. The number of ether oxygens (including phenoxy) is 1. The highest BCUT2D eigenvalue weighted by molar-refractivity contribution is 6.42. The SMILES string of the molecule is CC[C@H](Oc1cccc(C)c1)C(=O)Nc1ccc(Cl)c(Cl)c1. The molecule has 1 atom stereocenters. The molecule has 5 heteroatoms. The summed E-state index contributed by atoms with van der Waals surface area (Å²) >= 11 is 11.8. The zero-order valence-corrected chi connectivity index (χ0v) is 13.9. The number of amides is 1. The molecule has 0 aliphatic carbocycles. The highest BCUT2D eigenvalue weighted by atomic mass is 35.5. The van der Waals surface area contributed by atoms with E-state index in [1.807, 2.05) is 38.1 Å². The number of carbonyl (C=O) groups is 1. The van der Waals surface area contributed by atoms with E-state index in [1.165, 1.54) is 0 Å². The number of carbonyl (C=O) groups excluding carboxylic acids is 1. The van der Waals surface area contributed by atoms with Crippen molar-refractivity contribution in [1.29, 1.82) is 0 Å². The van der Waals surface area contributed by atoms with Crippen LogP contribution >= 0.6 is 23.2 Å².